The maximum absolute atomic E-state index is 12.6. The van der Waals surface area contributed by atoms with Gasteiger partial charge in [-0.3, -0.25) is 9.89 Å². The number of H-pyrrole nitrogens is 1. The molecule has 0 aliphatic carbocycles. The molecule has 1 aliphatic heterocycles. The van der Waals surface area contributed by atoms with Gasteiger partial charge in [-0.15, -0.1) is 0 Å². The lowest BCUT2D eigenvalue weighted by atomic mass is 9.91. The van der Waals surface area contributed by atoms with Crippen LogP contribution in [-0.2, 0) is 22.6 Å². The zero-order valence-corrected chi connectivity index (χ0v) is 25.1. The molecule has 0 spiro atoms. The van der Waals surface area contributed by atoms with Gasteiger partial charge in [-0.05, 0) is 52.1 Å². The number of amides is 1. The SMILES string of the molecule is CC1C(CSc2ncn[nH]2)OC(c2cccc(-c3cccc(CNC(=O)c4ccccc4)c3)c2)OC1c1ccc(CO)cc1. The Kier molecular flexibility index (Phi) is 9.48. The summed E-state index contributed by atoms with van der Waals surface area (Å²) >= 11 is 1.57. The summed E-state index contributed by atoms with van der Waals surface area (Å²) in [5.74, 6) is 0.640. The topological polar surface area (TPSA) is 109 Å². The summed E-state index contributed by atoms with van der Waals surface area (Å²) in [4.78, 5) is 16.8. The van der Waals surface area contributed by atoms with Gasteiger partial charge in [0.15, 0.2) is 11.4 Å². The molecular weight excluding hydrogens is 572 g/mol. The standard InChI is InChI=1S/C35H34N4O4S/c1-23-31(21-44-35-37-22-38-39-35)42-34(43-32(23)26-15-13-24(20-40)14-16-26)30-12-6-11-29(18-30)28-10-5-7-25(17-28)19-36-33(41)27-8-3-2-4-9-27/h2-18,22-23,31-32,34,40H,19-21H2,1H3,(H,36,41)(H,37,38,39). The van der Waals surface area contributed by atoms with Crippen molar-refractivity contribution in [2.75, 3.05) is 5.75 Å². The Morgan fingerprint density at radius 2 is 1.66 bits per heavy atom. The second-order valence-corrected chi connectivity index (χ2v) is 11.8. The van der Waals surface area contributed by atoms with Gasteiger partial charge in [-0.1, -0.05) is 97.5 Å². The third kappa shape index (κ3) is 7.09. The van der Waals surface area contributed by atoms with Crippen molar-refractivity contribution in [1.29, 1.82) is 0 Å². The van der Waals surface area contributed by atoms with Gasteiger partial charge in [0.1, 0.15) is 6.33 Å². The van der Waals surface area contributed by atoms with Crippen molar-refractivity contribution in [1.82, 2.24) is 20.5 Å². The molecule has 0 saturated carbocycles. The van der Waals surface area contributed by atoms with Crippen LogP contribution in [-0.4, -0.2) is 38.1 Å². The average Bonchev–Trinajstić information content (AvgIpc) is 3.61. The van der Waals surface area contributed by atoms with Gasteiger partial charge >= 0.3 is 0 Å². The molecule has 1 aromatic heterocycles. The minimum Gasteiger partial charge on any atom is -0.392 e. The van der Waals surface area contributed by atoms with E-state index in [9.17, 15) is 9.90 Å². The Morgan fingerprint density at radius 3 is 2.41 bits per heavy atom. The summed E-state index contributed by atoms with van der Waals surface area (Å²) in [6.45, 7) is 2.57. The van der Waals surface area contributed by atoms with E-state index in [2.05, 4.69) is 51.7 Å². The number of ether oxygens (including phenoxy) is 2. The first-order valence-corrected chi connectivity index (χ1v) is 15.6. The summed E-state index contributed by atoms with van der Waals surface area (Å²) in [5, 5.41) is 20.2. The van der Waals surface area contributed by atoms with Gasteiger partial charge < -0.3 is 19.9 Å². The van der Waals surface area contributed by atoms with Crippen molar-refractivity contribution >= 4 is 17.7 Å². The number of nitrogens with zero attached hydrogens (tertiary/aromatic N) is 2. The molecule has 0 bridgehead atoms. The fourth-order valence-electron chi connectivity index (χ4n) is 5.33. The number of hydrogen-bond donors (Lipinski definition) is 3. The predicted octanol–water partition coefficient (Wildman–Crippen LogP) is 6.48. The molecule has 8 nitrogen and oxygen atoms in total. The number of thioether (sulfide) groups is 1. The van der Waals surface area contributed by atoms with Gasteiger partial charge in [-0.2, -0.15) is 5.10 Å². The second kappa shape index (κ2) is 14.0. The summed E-state index contributed by atoms with van der Waals surface area (Å²) in [6, 6.07) is 33.5. The summed E-state index contributed by atoms with van der Waals surface area (Å²) < 4.78 is 13.3. The Morgan fingerprint density at radius 1 is 0.886 bits per heavy atom. The van der Waals surface area contributed by atoms with Crippen LogP contribution in [0.5, 0.6) is 0 Å². The highest BCUT2D eigenvalue weighted by Crippen LogP contribution is 2.43. The van der Waals surface area contributed by atoms with Crippen molar-refractivity contribution in [2.24, 2.45) is 5.92 Å². The number of hydrogen-bond acceptors (Lipinski definition) is 7. The van der Waals surface area contributed by atoms with Crippen LogP contribution in [0, 0.1) is 5.92 Å². The lowest BCUT2D eigenvalue weighted by Gasteiger charge is -2.41. The first kappa shape index (κ1) is 29.8. The molecular formula is C35H34N4O4S. The number of aromatic amines is 1. The van der Waals surface area contributed by atoms with E-state index in [1.165, 1.54) is 6.33 Å². The highest BCUT2D eigenvalue weighted by atomic mass is 32.2. The van der Waals surface area contributed by atoms with Crippen molar-refractivity contribution in [3.05, 3.63) is 137 Å². The van der Waals surface area contributed by atoms with Crippen LogP contribution in [0.1, 0.15) is 51.9 Å². The van der Waals surface area contributed by atoms with Crippen LogP contribution in [0.2, 0.25) is 0 Å². The van der Waals surface area contributed by atoms with Crippen LogP contribution < -0.4 is 5.32 Å². The molecule has 224 valence electrons. The van der Waals surface area contributed by atoms with E-state index in [0.717, 1.165) is 38.5 Å². The fourth-order valence-corrected chi connectivity index (χ4v) is 6.28. The Balaban J connectivity index is 1.22. The molecule has 1 amide bonds. The maximum Gasteiger partial charge on any atom is 0.251 e. The van der Waals surface area contributed by atoms with Crippen LogP contribution >= 0.6 is 11.8 Å². The molecule has 4 aromatic carbocycles. The number of aromatic nitrogens is 3. The molecule has 3 N–H and O–H groups in total. The summed E-state index contributed by atoms with van der Waals surface area (Å²) in [6.07, 6.45) is 0.596. The molecule has 4 atom stereocenters. The van der Waals surface area contributed by atoms with E-state index < -0.39 is 6.29 Å². The van der Waals surface area contributed by atoms with E-state index >= 15 is 0 Å². The van der Waals surface area contributed by atoms with Crippen molar-refractivity contribution < 1.29 is 19.4 Å². The lowest BCUT2D eigenvalue weighted by molar-refractivity contribution is -0.268. The number of nitrogens with one attached hydrogen (secondary N) is 2. The Labute approximate surface area is 260 Å². The number of aliphatic hydroxyl groups is 1. The molecule has 1 saturated heterocycles. The molecule has 0 radical (unpaired) electrons. The van der Waals surface area contributed by atoms with E-state index in [1.54, 1.807) is 23.9 Å². The molecule has 9 heteroatoms. The number of carbonyl (C=O) groups excluding carboxylic acids is 1. The average molecular weight is 607 g/mol. The van der Waals surface area contributed by atoms with E-state index in [4.69, 9.17) is 9.47 Å². The summed E-state index contributed by atoms with van der Waals surface area (Å²) in [5.41, 5.74) is 6.53. The van der Waals surface area contributed by atoms with Gasteiger partial charge in [0.2, 0.25) is 0 Å². The molecule has 6 rings (SSSR count). The molecule has 44 heavy (non-hydrogen) atoms. The highest BCUT2D eigenvalue weighted by molar-refractivity contribution is 7.99. The minimum absolute atomic E-state index is 0.00305. The molecule has 5 aromatic rings. The number of rotatable bonds is 10. The quantitative estimate of drug-likeness (QED) is 0.156. The molecule has 2 heterocycles. The van der Waals surface area contributed by atoms with Crippen LogP contribution in [0.4, 0.5) is 0 Å². The van der Waals surface area contributed by atoms with Crippen molar-refractivity contribution in [3.63, 3.8) is 0 Å². The normalized spacial score (nSPS) is 19.9. The zero-order valence-electron chi connectivity index (χ0n) is 24.3. The number of benzene rings is 4. The maximum atomic E-state index is 12.6. The fraction of sp³-hybridized carbons (Fsp3) is 0.229. The smallest absolute Gasteiger partial charge is 0.251 e. The predicted molar refractivity (Wildman–Crippen MR) is 170 cm³/mol. The lowest BCUT2D eigenvalue weighted by Crippen LogP contribution is -2.38. The second-order valence-electron chi connectivity index (χ2n) is 10.8. The number of carbonyl (C=O) groups is 1. The zero-order chi connectivity index (χ0) is 30.3. The molecule has 1 fully saturated rings. The van der Waals surface area contributed by atoms with Crippen molar-refractivity contribution in [2.45, 2.75) is 43.7 Å². The van der Waals surface area contributed by atoms with Crippen molar-refractivity contribution in [3.8, 4) is 11.1 Å². The number of aliphatic hydroxyl groups excluding tert-OH is 1. The van der Waals surface area contributed by atoms with E-state index in [-0.39, 0.29) is 30.6 Å². The third-order valence-electron chi connectivity index (χ3n) is 7.81. The van der Waals surface area contributed by atoms with Crippen LogP contribution in [0.3, 0.4) is 0 Å². The summed E-state index contributed by atoms with van der Waals surface area (Å²) in [7, 11) is 0. The minimum atomic E-state index is -0.581. The first-order valence-electron chi connectivity index (χ1n) is 14.6. The third-order valence-corrected chi connectivity index (χ3v) is 8.77. The Bertz CT molecular complexity index is 1660. The molecule has 4 unspecified atom stereocenters. The van der Waals surface area contributed by atoms with Crippen LogP contribution in [0.25, 0.3) is 11.1 Å². The highest BCUT2D eigenvalue weighted by Gasteiger charge is 2.38. The van der Waals surface area contributed by atoms with Gasteiger partial charge in [0.05, 0.1) is 18.8 Å². The first-order chi connectivity index (χ1) is 21.6. The van der Waals surface area contributed by atoms with Gasteiger partial charge in [0, 0.05) is 29.3 Å². The van der Waals surface area contributed by atoms with Gasteiger partial charge in [-0.25, -0.2) is 4.98 Å². The molecule has 1 aliphatic rings. The van der Waals surface area contributed by atoms with E-state index in [1.807, 2.05) is 66.7 Å². The van der Waals surface area contributed by atoms with Gasteiger partial charge in [0.25, 0.3) is 5.91 Å². The monoisotopic (exact) mass is 606 g/mol. The Hall–Kier alpha value is -4.28. The van der Waals surface area contributed by atoms with Crippen LogP contribution in [0.15, 0.2) is 115 Å². The van der Waals surface area contributed by atoms with E-state index in [0.29, 0.717) is 17.9 Å². The largest absolute Gasteiger partial charge is 0.392 e.